The molecule has 4 rings (SSSR count). The van der Waals surface area contributed by atoms with Gasteiger partial charge in [-0.25, -0.2) is 17.6 Å². The van der Waals surface area contributed by atoms with Crippen molar-refractivity contribution in [3.8, 4) is 5.75 Å². The van der Waals surface area contributed by atoms with Crippen LogP contribution in [0, 0.1) is 0 Å². The van der Waals surface area contributed by atoms with Crippen molar-refractivity contribution >= 4 is 11.6 Å². The lowest BCUT2D eigenvalue weighted by Gasteiger charge is -2.30. The van der Waals surface area contributed by atoms with Crippen molar-refractivity contribution in [2.24, 2.45) is 5.10 Å². The number of hydrazone groups is 1. The Labute approximate surface area is 175 Å². The van der Waals surface area contributed by atoms with E-state index in [1.807, 2.05) is 18.2 Å². The molecule has 5 nitrogen and oxygen atoms in total. The molecular weight excluding hydrogens is 416 g/mol. The Kier molecular flexibility index (Phi) is 5.70. The molecule has 2 aromatic rings. The molecule has 1 aliphatic heterocycles. The predicted molar refractivity (Wildman–Crippen MR) is 104 cm³/mol. The fourth-order valence-electron chi connectivity index (χ4n) is 3.77. The number of aryl methyl sites for hydroxylation is 2. The molecule has 0 fully saturated rings. The van der Waals surface area contributed by atoms with Crippen molar-refractivity contribution in [3.63, 3.8) is 0 Å². The summed E-state index contributed by atoms with van der Waals surface area (Å²) in [6.07, 6.45) is -4.49. The molecule has 2 aliphatic rings. The van der Waals surface area contributed by atoms with Crippen LogP contribution in [-0.2, 0) is 19.4 Å². The number of fused-ring (bicyclic) bond motifs is 1. The van der Waals surface area contributed by atoms with Crippen LogP contribution in [0.1, 0.15) is 39.9 Å². The van der Waals surface area contributed by atoms with Crippen LogP contribution in [0.25, 0.3) is 0 Å². The fraction of sp³-hybridized carbons (Fsp3) is 0.364. The van der Waals surface area contributed by atoms with Crippen LogP contribution in [-0.4, -0.2) is 40.3 Å². The van der Waals surface area contributed by atoms with E-state index in [1.165, 1.54) is 23.3 Å². The lowest BCUT2D eigenvalue weighted by Crippen LogP contribution is -2.51. The first-order valence-electron chi connectivity index (χ1n) is 9.82. The van der Waals surface area contributed by atoms with E-state index < -0.39 is 36.6 Å². The molecule has 31 heavy (non-hydrogen) atoms. The Morgan fingerprint density at radius 1 is 1.10 bits per heavy atom. The van der Waals surface area contributed by atoms with Gasteiger partial charge in [0.25, 0.3) is 18.8 Å². The van der Waals surface area contributed by atoms with E-state index in [4.69, 9.17) is 4.74 Å². The summed E-state index contributed by atoms with van der Waals surface area (Å²) in [4.78, 5) is 12.6. The number of hydrogen-bond acceptors (Lipinski definition) is 4. The molecule has 164 valence electrons. The highest BCUT2D eigenvalue weighted by Gasteiger charge is 2.53. The van der Waals surface area contributed by atoms with Gasteiger partial charge in [0.05, 0.1) is 0 Å². The third kappa shape index (κ3) is 4.14. The highest BCUT2D eigenvalue weighted by Crippen LogP contribution is 2.34. The van der Waals surface area contributed by atoms with Crippen LogP contribution in [0.5, 0.6) is 5.75 Å². The number of carbonyl (C=O) groups is 1. The topological polar surface area (TPSA) is 62.1 Å². The molecular formula is C22H20F4N2O3. The molecule has 1 aliphatic carbocycles. The molecule has 0 unspecified atom stereocenters. The number of amides is 1. The lowest BCUT2D eigenvalue weighted by molar-refractivity contribution is -0.164. The van der Waals surface area contributed by atoms with E-state index >= 15 is 0 Å². The van der Waals surface area contributed by atoms with Gasteiger partial charge in [0, 0.05) is 12.0 Å². The van der Waals surface area contributed by atoms with Gasteiger partial charge < -0.3 is 9.84 Å². The third-order valence-corrected chi connectivity index (χ3v) is 5.51. The number of ether oxygens (including phenoxy) is 1. The van der Waals surface area contributed by atoms with Gasteiger partial charge in [0.1, 0.15) is 18.1 Å². The second kappa shape index (κ2) is 8.30. The van der Waals surface area contributed by atoms with E-state index in [0.29, 0.717) is 0 Å². The number of halogens is 4. The first-order valence-corrected chi connectivity index (χ1v) is 9.82. The maximum atomic E-state index is 13.3. The van der Waals surface area contributed by atoms with Crippen LogP contribution in [0.3, 0.4) is 0 Å². The maximum Gasteiger partial charge on any atom is 0.287 e. The number of alkyl halides is 4. The van der Waals surface area contributed by atoms with Gasteiger partial charge in [0.2, 0.25) is 5.72 Å². The smallest absolute Gasteiger partial charge is 0.287 e. The quantitative estimate of drug-likeness (QED) is 0.692. The van der Waals surface area contributed by atoms with Crippen LogP contribution in [0.4, 0.5) is 17.6 Å². The zero-order valence-corrected chi connectivity index (χ0v) is 16.4. The second-order valence-electron chi connectivity index (χ2n) is 7.63. The van der Waals surface area contributed by atoms with Gasteiger partial charge in [-0.3, -0.25) is 4.79 Å². The van der Waals surface area contributed by atoms with Crippen LogP contribution in [0.2, 0.25) is 0 Å². The molecule has 0 saturated heterocycles. The first-order chi connectivity index (χ1) is 14.8. The summed E-state index contributed by atoms with van der Waals surface area (Å²) in [5.74, 6) is -0.363. The summed E-state index contributed by atoms with van der Waals surface area (Å²) in [5, 5.41) is 13.4. The Hall–Kier alpha value is -2.94. The molecule has 1 heterocycles. The molecule has 0 radical (unpaired) electrons. The summed E-state index contributed by atoms with van der Waals surface area (Å²) in [7, 11) is 0. The number of nitrogens with zero attached hydrogens (tertiary/aromatic N) is 2. The SMILES string of the molecule is O=C(c1ccc(COc2ccc3c(c2)CCC3)cc1)N1N=C(C(F)F)C[C@]1(O)C(F)F. The number of carbonyl (C=O) groups excluding carboxylic acids is 1. The average molecular weight is 436 g/mol. The minimum absolute atomic E-state index is 0.0508. The first kappa shape index (κ1) is 21.3. The van der Waals surface area contributed by atoms with E-state index in [9.17, 15) is 27.5 Å². The highest BCUT2D eigenvalue weighted by atomic mass is 19.3. The molecule has 1 atom stereocenters. The summed E-state index contributed by atoms with van der Waals surface area (Å²) in [5.41, 5.74) is -0.801. The van der Waals surface area contributed by atoms with E-state index in [-0.39, 0.29) is 17.2 Å². The van der Waals surface area contributed by atoms with Crippen LogP contribution < -0.4 is 4.74 Å². The van der Waals surface area contributed by atoms with Crippen molar-refractivity contribution in [2.75, 3.05) is 0 Å². The van der Waals surface area contributed by atoms with E-state index in [1.54, 1.807) is 12.1 Å². The Bertz CT molecular complexity index is 1010. The Morgan fingerprint density at radius 2 is 1.81 bits per heavy atom. The van der Waals surface area contributed by atoms with Crippen LogP contribution >= 0.6 is 0 Å². The highest BCUT2D eigenvalue weighted by molar-refractivity contribution is 5.99. The lowest BCUT2D eigenvalue weighted by atomic mass is 10.1. The maximum absolute atomic E-state index is 13.3. The second-order valence-corrected chi connectivity index (χ2v) is 7.63. The van der Waals surface area contributed by atoms with Crippen molar-refractivity contribution in [1.82, 2.24) is 5.01 Å². The zero-order valence-electron chi connectivity index (χ0n) is 16.4. The number of rotatable bonds is 6. The third-order valence-electron chi connectivity index (χ3n) is 5.51. The summed E-state index contributed by atoms with van der Waals surface area (Å²) in [6.45, 7) is 0.228. The normalized spacial score (nSPS) is 20.4. The minimum Gasteiger partial charge on any atom is -0.489 e. The molecule has 0 bridgehead atoms. The van der Waals surface area contributed by atoms with E-state index in [2.05, 4.69) is 5.10 Å². The molecule has 0 saturated carbocycles. The predicted octanol–water partition coefficient (Wildman–Crippen LogP) is 4.18. The van der Waals surface area contributed by atoms with Gasteiger partial charge in [-0.1, -0.05) is 18.2 Å². The summed E-state index contributed by atoms with van der Waals surface area (Å²) in [6, 6.07) is 11.8. The standard InChI is InChI=1S/C22H20F4N2O3/c23-19(24)18-11-22(30,21(25)26)28(27-18)20(29)15-6-4-13(5-7-15)12-31-17-9-8-14-2-1-3-16(14)10-17/h4-10,19,21,30H,1-3,11-12H2/t22-/m0/s1. The molecule has 9 heteroatoms. The van der Waals surface area contributed by atoms with Crippen molar-refractivity contribution < 1.29 is 32.2 Å². The summed E-state index contributed by atoms with van der Waals surface area (Å²) < 4.78 is 58.2. The molecule has 1 amide bonds. The summed E-state index contributed by atoms with van der Waals surface area (Å²) >= 11 is 0. The zero-order chi connectivity index (χ0) is 22.2. The molecule has 1 N–H and O–H groups in total. The van der Waals surface area contributed by atoms with Crippen molar-refractivity contribution in [3.05, 3.63) is 64.7 Å². The van der Waals surface area contributed by atoms with Crippen molar-refractivity contribution in [1.29, 1.82) is 0 Å². The van der Waals surface area contributed by atoms with Gasteiger partial charge in [0.15, 0.2) is 0 Å². The molecule has 0 aromatic heterocycles. The van der Waals surface area contributed by atoms with Crippen LogP contribution in [0.15, 0.2) is 47.6 Å². The van der Waals surface area contributed by atoms with Gasteiger partial charge in [-0.05, 0) is 60.2 Å². The van der Waals surface area contributed by atoms with Gasteiger partial charge >= 0.3 is 0 Å². The number of aliphatic hydroxyl groups is 1. The largest absolute Gasteiger partial charge is 0.489 e. The van der Waals surface area contributed by atoms with Crippen molar-refractivity contribution in [2.45, 2.75) is 50.9 Å². The van der Waals surface area contributed by atoms with E-state index in [0.717, 1.165) is 30.6 Å². The number of hydrogen-bond donors (Lipinski definition) is 1. The fourth-order valence-corrected chi connectivity index (χ4v) is 3.77. The molecule has 0 spiro atoms. The average Bonchev–Trinajstić information content (AvgIpc) is 3.37. The Balaban J connectivity index is 1.45. The number of benzene rings is 2. The van der Waals surface area contributed by atoms with Gasteiger partial charge in [-0.2, -0.15) is 10.1 Å². The monoisotopic (exact) mass is 436 g/mol. The Morgan fingerprint density at radius 3 is 2.48 bits per heavy atom. The molecule has 2 aromatic carbocycles. The van der Waals surface area contributed by atoms with Gasteiger partial charge in [-0.15, -0.1) is 0 Å². The minimum atomic E-state index is -3.46.